The van der Waals surface area contributed by atoms with Gasteiger partial charge >= 0.3 is 0 Å². The van der Waals surface area contributed by atoms with Crippen LogP contribution in [0.3, 0.4) is 0 Å². The van der Waals surface area contributed by atoms with Crippen molar-refractivity contribution in [2.45, 2.75) is 63.4 Å². The highest BCUT2D eigenvalue weighted by Crippen LogP contribution is 2.49. The second-order valence-corrected chi connectivity index (χ2v) is 6.90. The molecule has 3 atom stereocenters. The quantitative estimate of drug-likeness (QED) is 0.830. The lowest BCUT2D eigenvalue weighted by Crippen LogP contribution is -2.47. The van der Waals surface area contributed by atoms with Crippen molar-refractivity contribution in [3.05, 3.63) is 0 Å². The Kier molecular flexibility index (Phi) is 3.95. The molecule has 0 aromatic rings. The highest BCUT2D eigenvalue weighted by Gasteiger charge is 2.44. The van der Waals surface area contributed by atoms with E-state index in [2.05, 4.69) is 12.4 Å². The van der Waals surface area contributed by atoms with E-state index in [4.69, 9.17) is 4.74 Å². The van der Waals surface area contributed by atoms with Gasteiger partial charge in [-0.05, 0) is 69.9 Å². The van der Waals surface area contributed by atoms with Crippen LogP contribution < -0.4 is 5.32 Å². The maximum atomic E-state index is 6.23. The summed E-state index contributed by atoms with van der Waals surface area (Å²) in [4.78, 5) is 0. The van der Waals surface area contributed by atoms with E-state index in [0.29, 0.717) is 5.60 Å². The first-order valence-corrected chi connectivity index (χ1v) is 8.11. The highest BCUT2D eigenvalue weighted by molar-refractivity contribution is 4.95. The Balaban J connectivity index is 1.59. The molecule has 3 aliphatic rings. The van der Waals surface area contributed by atoms with E-state index in [1.807, 2.05) is 0 Å². The highest BCUT2D eigenvalue weighted by atomic mass is 16.5. The Bertz CT molecular complexity index is 267. The van der Waals surface area contributed by atoms with Crippen LogP contribution in [0.15, 0.2) is 0 Å². The minimum Gasteiger partial charge on any atom is -0.375 e. The van der Waals surface area contributed by atoms with E-state index in [9.17, 15) is 0 Å². The normalized spacial score (nSPS) is 39.5. The molecule has 2 nitrogen and oxygen atoms in total. The molecular formula is C16H29NO. The summed E-state index contributed by atoms with van der Waals surface area (Å²) >= 11 is 0. The largest absolute Gasteiger partial charge is 0.375 e. The monoisotopic (exact) mass is 251 g/mol. The van der Waals surface area contributed by atoms with Gasteiger partial charge in [-0.25, -0.2) is 0 Å². The molecule has 1 heterocycles. The van der Waals surface area contributed by atoms with Crippen LogP contribution in [0.2, 0.25) is 0 Å². The van der Waals surface area contributed by atoms with Gasteiger partial charge in [0.15, 0.2) is 0 Å². The third kappa shape index (κ3) is 2.46. The van der Waals surface area contributed by atoms with Crippen molar-refractivity contribution in [2.24, 2.45) is 17.8 Å². The number of hydrogen-bond acceptors (Lipinski definition) is 2. The maximum Gasteiger partial charge on any atom is 0.0685 e. The van der Waals surface area contributed by atoms with Crippen molar-refractivity contribution in [3.63, 3.8) is 0 Å². The first kappa shape index (κ1) is 12.9. The Morgan fingerprint density at radius 2 is 1.94 bits per heavy atom. The van der Waals surface area contributed by atoms with Crippen LogP contribution in [0.4, 0.5) is 0 Å². The predicted molar refractivity (Wildman–Crippen MR) is 74.6 cm³/mol. The molecular weight excluding hydrogens is 222 g/mol. The summed E-state index contributed by atoms with van der Waals surface area (Å²) in [6, 6.07) is 0. The second kappa shape index (κ2) is 5.50. The lowest BCUT2D eigenvalue weighted by molar-refractivity contribution is -0.135. The summed E-state index contributed by atoms with van der Waals surface area (Å²) in [7, 11) is 2.10. The lowest BCUT2D eigenvalue weighted by atomic mass is 9.62. The molecule has 0 radical (unpaired) electrons. The number of ether oxygens (including phenoxy) is 1. The van der Waals surface area contributed by atoms with Gasteiger partial charge < -0.3 is 10.1 Å². The average molecular weight is 251 g/mol. The lowest BCUT2D eigenvalue weighted by Gasteiger charge is -2.50. The minimum absolute atomic E-state index is 0.306. The molecule has 1 aliphatic heterocycles. The Hall–Kier alpha value is -0.0800. The maximum absolute atomic E-state index is 6.23. The number of hydrogen-bond donors (Lipinski definition) is 1. The van der Waals surface area contributed by atoms with Gasteiger partial charge in [-0.1, -0.05) is 19.3 Å². The van der Waals surface area contributed by atoms with Gasteiger partial charge in [-0.3, -0.25) is 0 Å². The molecule has 1 N–H and O–H groups in total. The van der Waals surface area contributed by atoms with Crippen LogP contribution in [-0.2, 0) is 4.74 Å². The van der Waals surface area contributed by atoms with Crippen LogP contribution in [0.1, 0.15) is 57.8 Å². The molecule has 0 aromatic heterocycles. The number of rotatable bonds is 3. The molecule has 2 heteroatoms. The standard InChI is InChI=1S/C16H29NO/c1-17-12-14-5-6-15(14)13-7-10-18-16(11-13)8-3-2-4-9-16/h13-15,17H,2-12H2,1H3. The van der Waals surface area contributed by atoms with Gasteiger partial charge in [0.1, 0.15) is 0 Å². The van der Waals surface area contributed by atoms with Crippen LogP contribution in [-0.4, -0.2) is 25.8 Å². The Morgan fingerprint density at radius 1 is 1.11 bits per heavy atom. The van der Waals surface area contributed by atoms with Gasteiger partial charge in [-0.15, -0.1) is 0 Å². The van der Waals surface area contributed by atoms with E-state index in [-0.39, 0.29) is 0 Å². The minimum atomic E-state index is 0.306. The molecule has 3 fully saturated rings. The van der Waals surface area contributed by atoms with Crippen LogP contribution in [0.5, 0.6) is 0 Å². The first-order valence-electron chi connectivity index (χ1n) is 8.11. The summed E-state index contributed by atoms with van der Waals surface area (Å²) in [6.45, 7) is 2.27. The average Bonchev–Trinajstić information content (AvgIpc) is 2.36. The van der Waals surface area contributed by atoms with E-state index in [1.54, 1.807) is 0 Å². The van der Waals surface area contributed by atoms with Crippen molar-refractivity contribution < 1.29 is 4.74 Å². The van der Waals surface area contributed by atoms with Crippen molar-refractivity contribution >= 4 is 0 Å². The zero-order valence-corrected chi connectivity index (χ0v) is 11.9. The fourth-order valence-electron chi connectivity index (χ4n) is 4.71. The number of nitrogens with one attached hydrogen (secondary N) is 1. The van der Waals surface area contributed by atoms with Crippen LogP contribution in [0.25, 0.3) is 0 Å². The summed E-state index contributed by atoms with van der Waals surface area (Å²) in [5.41, 5.74) is 0.306. The van der Waals surface area contributed by atoms with Gasteiger partial charge in [0.05, 0.1) is 5.60 Å². The molecule has 2 aliphatic carbocycles. The third-order valence-corrected chi connectivity index (χ3v) is 5.84. The zero-order chi connectivity index (χ0) is 12.4. The first-order chi connectivity index (χ1) is 8.83. The van der Waals surface area contributed by atoms with Crippen LogP contribution in [0, 0.1) is 17.8 Å². The smallest absolute Gasteiger partial charge is 0.0685 e. The topological polar surface area (TPSA) is 21.3 Å². The van der Waals surface area contributed by atoms with Crippen LogP contribution >= 0.6 is 0 Å². The van der Waals surface area contributed by atoms with Crippen molar-refractivity contribution in [2.75, 3.05) is 20.2 Å². The summed E-state index contributed by atoms with van der Waals surface area (Å²) in [5, 5.41) is 3.38. The zero-order valence-electron chi connectivity index (χ0n) is 11.9. The van der Waals surface area contributed by atoms with E-state index in [0.717, 1.165) is 24.4 Å². The van der Waals surface area contributed by atoms with E-state index in [1.165, 1.54) is 64.3 Å². The fraction of sp³-hybridized carbons (Fsp3) is 1.00. The summed E-state index contributed by atoms with van der Waals surface area (Å²) in [6.07, 6.45) is 12.5. The summed E-state index contributed by atoms with van der Waals surface area (Å²) < 4.78 is 6.23. The molecule has 104 valence electrons. The Labute approximate surface area is 112 Å². The molecule has 1 saturated heterocycles. The molecule has 2 saturated carbocycles. The molecule has 3 rings (SSSR count). The van der Waals surface area contributed by atoms with Gasteiger partial charge in [-0.2, -0.15) is 0 Å². The van der Waals surface area contributed by atoms with Gasteiger partial charge in [0, 0.05) is 6.61 Å². The molecule has 0 bridgehead atoms. The molecule has 18 heavy (non-hydrogen) atoms. The van der Waals surface area contributed by atoms with E-state index < -0.39 is 0 Å². The second-order valence-electron chi connectivity index (χ2n) is 6.90. The molecule has 0 amide bonds. The summed E-state index contributed by atoms with van der Waals surface area (Å²) in [5.74, 6) is 2.92. The molecule has 3 unspecified atom stereocenters. The molecule has 0 aromatic carbocycles. The van der Waals surface area contributed by atoms with Crippen molar-refractivity contribution in [1.82, 2.24) is 5.32 Å². The van der Waals surface area contributed by atoms with Crippen molar-refractivity contribution in [1.29, 1.82) is 0 Å². The van der Waals surface area contributed by atoms with E-state index >= 15 is 0 Å². The Morgan fingerprint density at radius 3 is 2.61 bits per heavy atom. The predicted octanol–water partition coefficient (Wildman–Crippen LogP) is 3.36. The molecule has 1 spiro atoms. The van der Waals surface area contributed by atoms with Crippen molar-refractivity contribution in [3.8, 4) is 0 Å². The third-order valence-electron chi connectivity index (χ3n) is 5.84. The van der Waals surface area contributed by atoms with Gasteiger partial charge in [0.25, 0.3) is 0 Å². The SMILES string of the molecule is CNCC1CCC1C1CCOC2(CCCCC2)C1. The van der Waals surface area contributed by atoms with Gasteiger partial charge in [0.2, 0.25) is 0 Å². The fourth-order valence-corrected chi connectivity index (χ4v) is 4.71.